The number of aromatic nitrogens is 2. The van der Waals surface area contributed by atoms with E-state index in [9.17, 15) is 13.6 Å². The minimum atomic E-state index is -0.829. The zero-order valence-corrected chi connectivity index (χ0v) is 12.8. The zero-order chi connectivity index (χ0) is 16.3. The highest BCUT2D eigenvalue weighted by molar-refractivity contribution is 8.00. The second kappa shape index (κ2) is 6.89. The summed E-state index contributed by atoms with van der Waals surface area (Å²) in [6.07, 6.45) is 1.52. The van der Waals surface area contributed by atoms with Crippen LogP contribution in [-0.2, 0) is 18.4 Å². The van der Waals surface area contributed by atoms with Gasteiger partial charge >= 0.3 is 0 Å². The highest BCUT2D eigenvalue weighted by atomic mass is 32.2. The third-order valence-corrected chi connectivity index (χ3v) is 4.20. The van der Waals surface area contributed by atoms with Gasteiger partial charge in [0.15, 0.2) is 5.16 Å². The quantitative estimate of drug-likeness (QED) is 0.827. The van der Waals surface area contributed by atoms with E-state index in [2.05, 4.69) is 10.3 Å². The molecule has 1 unspecified atom stereocenters. The lowest BCUT2D eigenvalue weighted by Crippen LogP contribution is -2.23. The fraction of sp³-hybridized carbons (Fsp3) is 0.286. The van der Waals surface area contributed by atoms with Gasteiger partial charge in [-0.05, 0) is 19.1 Å². The summed E-state index contributed by atoms with van der Waals surface area (Å²) < 4.78 is 28.0. The number of benzene rings is 1. The molecular weight excluding hydrogens is 312 g/mol. The number of carbonyl (C=O) groups excluding carboxylic acids is 1. The van der Waals surface area contributed by atoms with Crippen molar-refractivity contribution in [1.82, 2.24) is 9.55 Å². The first kappa shape index (κ1) is 16.4. The molecule has 22 heavy (non-hydrogen) atoms. The lowest BCUT2D eigenvalue weighted by atomic mass is 10.3. The molecule has 1 amide bonds. The molecule has 0 spiro atoms. The SMILES string of the molecule is CC(Sc1ncc(CO)n1C)C(=O)Nc1ccc(F)cc1F. The minimum absolute atomic E-state index is 0.0743. The molecule has 2 rings (SSSR count). The first-order valence-electron chi connectivity index (χ1n) is 6.46. The molecule has 118 valence electrons. The van der Waals surface area contributed by atoms with Crippen molar-refractivity contribution in [2.24, 2.45) is 7.05 Å². The van der Waals surface area contributed by atoms with E-state index < -0.39 is 22.8 Å². The van der Waals surface area contributed by atoms with E-state index in [4.69, 9.17) is 5.11 Å². The average Bonchev–Trinajstić information content (AvgIpc) is 2.82. The largest absolute Gasteiger partial charge is 0.390 e. The van der Waals surface area contributed by atoms with Gasteiger partial charge in [-0.25, -0.2) is 13.8 Å². The number of imidazole rings is 1. The Hall–Kier alpha value is -1.93. The first-order chi connectivity index (χ1) is 10.4. The second-order valence-electron chi connectivity index (χ2n) is 4.62. The number of halogens is 2. The number of carbonyl (C=O) groups is 1. The molecule has 0 aliphatic carbocycles. The topological polar surface area (TPSA) is 67.2 Å². The highest BCUT2D eigenvalue weighted by Gasteiger charge is 2.19. The number of rotatable bonds is 5. The highest BCUT2D eigenvalue weighted by Crippen LogP contribution is 2.24. The normalized spacial score (nSPS) is 12.2. The van der Waals surface area contributed by atoms with Crippen LogP contribution in [0, 0.1) is 11.6 Å². The second-order valence-corrected chi connectivity index (χ2v) is 5.93. The molecule has 0 bridgehead atoms. The maximum Gasteiger partial charge on any atom is 0.237 e. The standard InChI is InChI=1S/C14H15F2N3O2S/c1-8(22-14-17-6-10(7-20)19(14)2)13(21)18-12-4-3-9(15)5-11(12)16/h3-6,8,20H,7H2,1-2H3,(H,18,21). The summed E-state index contributed by atoms with van der Waals surface area (Å²) in [6.45, 7) is 1.50. The summed E-state index contributed by atoms with van der Waals surface area (Å²) in [5.41, 5.74) is 0.550. The molecule has 0 fully saturated rings. The molecule has 0 aliphatic heterocycles. The predicted molar refractivity (Wildman–Crippen MR) is 79.4 cm³/mol. The van der Waals surface area contributed by atoms with Gasteiger partial charge in [-0.1, -0.05) is 11.8 Å². The van der Waals surface area contributed by atoms with Gasteiger partial charge in [0.25, 0.3) is 0 Å². The summed E-state index contributed by atoms with van der Waals surface area (Å²) in [5, 5.41) is 11.5. The Morgan fingerprint density at radius 1 is 1.50 bits per heavy atom. The number of hydrogen-bond acceptors (Lipinski definition) is 4. The van der Waals surface area contributed by atoms with Crippen molar-refractivity contribution in [1.29, 1.82) is 0 Å². The van der Waals surface area contributed by atoms with Gasteiger partial charge in [-0.3, -0.25) is 4.79 Å². The van der Waals surface area contributed by atoms with Crippen molar-refractivity contribution in [3.8, 4) is 0 Å². The summed E-state index contributed by atoms with van der Waals surface area (Å²) in [4.78, 5) is 16.2. The molecule has 0 aliphatic rings. The maximum atomic E-state index is 13.5. The van der Waals surface area contributed by atoms with Gasteiger partial charge in [0.2, 0.25) is 5.91 Å². The summed E-state index contributed by atoms with van der Waals surface area (Å²) in [5.74, 6) is -1.96. The summed E-state index contributed by atoms with van der Waals surface area (Å²) in [6, 6.07) is 2.95. The molecule has 0 saturated heterocycles. The van der Waals surface area contributed by atoms with Crippen LogP contribution < -0.4 is 5.32 Å². The number of hydrogen-bond donors (Lipinski definition) is 2. The number of aliphatic hydroxyl groups is 1. The number of thioether (sulfide) groups is 1. The van der Waals surface area contributed by atoms with Gasteiger partial charge in [-0.2, -0.15) is 0 Å². The third kappa shape index (κ3) is 3.63. The Bertz CT molecular complexity index is 691. The van der Waals surface area contributed by atoms with E-state index >= 15 is 0 Å². The van der Waals surface area contributed by atoms with Crippen molar-refractivity contribution in [3.63, 3.8) is 0 Å². The van der Waals surface area contributed by atoms with Gasteiger partial charge in [-0.15, -0.1) is 0 Å². The molecule has 1 heterocycles. The van der Waals surface area contributed by atoms with Crippen molar-refractivity contribution < 1.29 is 18.7 Å². The van der Waals surface area contributed by atoms with Gasteiger partial charge in [0.1, 0.15) is 11.6 Å². The number of nitrogens with zero attached hydrogens (tertiary/aromatic N) is 2. The lowest BCUT2D eigenvalue weighted by molar-refractivity contribution is -0.115. The van der Waals surface area contributed by atoms with E-state index in [1.165, 1.54) is 24.0 Å². The van der Waals surface area contributed by atoms with Crippen molar-refractivity contribution in [3.05, 3.63) is 41.7 Å². The average molecular weight is 327 g/mol. The Balaban J connectivity index is 2.04. The monoisotopic (exact) mass is 327 g/mol. The minimum Gasteiger partial charge on any atom is -0.390 e. The van der Waals surface area contributed by atoms with Gasteiger partial charge in [0.05, 0.1) is 29.4 Å². The smallest absolute Gasteiger partial charge is 0.237 e. The fourth-order valence-corrected chi connectivity index (χ4v) is 2.59. The van der Waals surface area contributed by atoms with Gasteiger partial charge < -0.3 is 15.0 Å². The molecular formula is C14H15F2N3O2S. The van der Waals surface area contributed by atoms with Crippen LogP contribution in [0.4, 0.5) is 14.5 Å². The number of amides is 1. The Labute approximate surface area is 130 Å². The molecule has 1 aromatic carbocycles. The van der Waals surface area contributed by atoms with Crippen LogP contribution in [0.2, 0.25) is 0 Å². The first-order valence-corrected chi connectivity index (χ1v) is 7.34. The number of nitrogens with one attached hydrogen (secondary N) is 1. The fourth-order valence-electron chi connectivity index (χ4n) is 1.72. The molecule has 0 saturated carbocycles. The Morgan fingerprint density at radius 2 is 2.23 bits per heavy atom. The molecule has 0 radical (unpaired) electrons. The van der Waals surface area contributed by atoms with E-state index in [1.807, 2.05) is 0 Å². The van der Waals surface area contributed by atoms with Crippen LogP contribution in [0.5, 0.6) is 0 Å². The van der Waals surface area contributed by atoms with Crippen LogP contribution in [-0.4, -0.2) is 25.8 Å². The number of aliphatic hydroxyl groups excluding tert-OH is 1. The third-order valence-electron chi connectivity index (χ3n) is 3.04. The molecule has 2 aromatic rings. The van der Waals surface area contributed by atoms with Crippen LogP contribution in [0.15, 0.2) is 29.6 Å². The van der Waals surface area contributed by atoms with E-state index in [0.717, 1.165) is 6.07 Å². The Kier molecular flexibility index (Phi) is 5.15. The van der Waals surface area contributed by atoms with Crippen LogP contribution in [0.1, 0.15) is 12.6 Å². The molecule has 1 atom stereocenters. The van der Waals surface area contributed by atoms with Crippen LogP contribution >= 0.6 is 11.8 Å². The lowest BCUT2D eigenvalue weighted by Gasteiger charge is -2.12. The van der Waals surface area contributed by atoms with Crippen molar-refractivity contribution >= 4 is 23.4 Å². The van der Waals surface area contributed by atoms with E-state index in [1.54, 1.807) is 18.5 Å². The Morgan fingerprint density at radius 3 is 2.82 bits per heavy atom. The summed E-state index contributed by atoms with van der Waals surface area (Å²) >= 11 is 1.17. The molecule has 2 N–H and O–H groups in total. The van der Waals surface area contributed by atoms with Crippen LogP contribution in [0.25, 0.3) is 0 Å². The number of anilines is 1. The van der Waals surface area contributed by atoms with Gasteiger partial charge in [0, 0.05) is 13.1 Å². The maximum absolute atomic E-state index is 13.5. The molecule has 1 aromatic heterocycles. The van der Waals surface area contributed by atoms with Crippen LogP contribution in [0.3, 0.4) is 0 Å². The van der Waals surface area contributed by atoms with Crippen molar-refractivity contribution in [2.45, 2.75) is 23.9 Å². The summed E-state index contributed by atoms with van der Waals surface area (Å²) in [7, 11) is 1.73. The zero-order valence-electron chi connectivity index (χ0n) is 12.0. The van der Waals surface area contributed by atoms with Crippen molar-refractivity contribution in [2.75, 3.05) is 5.32 Å². The molecule has 8 heteroatoms. The van der Waals surface area contributed by atoms with E-state index in [0.29, 0.717) is 16.9 Å². The predicted octanol–water partition coefficient (Wildman–Crippen LogP) is 2.31. The van der Waals surface area contributed by atoms with E-state index in [-0.39, 0.29) is 12.3 Å². The molecule has 5 nitrogen and oxygen atoms in total.